The largest absolute Gasteiger partial charge is 0.298 e. The zero-order valence-corrected chi connectivity index (χ0v) is 14.5. The summed E-state index contributed by atoms with van der Waals surface area (Å²) in [6, 6.07) is 13.3. The SMILES string of the molecule is Cc1nc(NC(=O)c2cccnc2)sc1C(=O)CCc1ccccc1. The van der Waals surface area contributed by atoms with Crippen LogP contribution in [-0.2, 0) is 6.42 Å². The second-order valence-corrected chi connectivity index (χ2v) is 6.54. The van der Waals surface area contributed by atoms with Crippen molar-refractivity contribution in [2.75, 3.05) is 5.32 Å². The van der Waals surface area contributed by atoms with Crippen LogP contribution < -0.4 is 5.32 Å². The number of hydrogen-bond donors (Lipinski definition) is 1. The van der Waals surface area contributed by atoms with Gasteiger partial charge in [0.2, 0.25) is 0 Å². The van der Waals surface area contributed by atoms with Gasteiger partial charge in [0, 0.05) is 18.8 Å². The van der Waals surface area contributed by atoms with Crippen LogP contribution in [0, 0.1) is 6.92 Å². The predicted octanol–water partition coefficient (Wildman–Crippen LogP) is 3.91. The van der Waals surface area contributed by atoms with Crippen molar-refractivity contribution in [1.82, 2.24) is 9.97 Å². The third kappa shape index (κ3) is 4.36. The molecule has 2 aromatic heterocycles. The molecule has 3 aromatic rings. The molecule has 1 aromatic carbocycles. The molecule has 0 aliphatic heterocycles. The number of ketones is 1. The number of aryl methyl sites for hydroxylation is 2. The number of carbonyl (C=O) groups excluding carboxylic acids is 2. The molecule has 0 radical (unpaired) electrons. The molecule has 126 valence electrons. The first-order valence-corrected chi connectivity index (χ1v) is 8.71. The molecular weight excluding hydrogens is 334 g/mol. The van der Waals surface area contributed by atoms with E-state index in [4.69, 9.17) is 0 Å². The molecule has 2 heterocycles. The number of amides is 1. The normalized spacial score (nSPS) is 10.4. The summed E-state index contributed by atoms with van der Waals surface area (Å²) in [7, 11) is 0. The van der Waals surface area contributed by atoms with E-state index in [1.54, 1.807) is 25.3 Å². The molecule has 0 saturated heterocycles. The highest BCUT2D eigenvalue weighted by atomic mass is 32.1. The van der Waals surface area contributed by atoms with Crippen LogP contribution in [0.25, 0.3) is 0 Å². The Kier molecular flexibility index (Phi) is 5.30. The lowest BCUT2D eigenvalue weighted by molar-refractivity contribution is 0.0984. The van der Waals surface area contributed by atoms with E-state index in [0.717, 1.165) is 5.56 Å². The second kappa shape index (κ2) is 7.81. The lowest BCUT2D eigenvalue weighted by Crippen LogP contribution is -2.11. The van der Waals surface area contributed by atoms with Crippen molar-refractivity contribution >= 4 is 28.2 Å². The van der Waals surface area contributed by atoms with Gasteiger partial charge in [0.15, 0.2) is 10.9 Å². The predicted molar refractivity (Wildman–Crippen MR) is 98.1 cm³/mol. The lowest BCUT2D eigenvalue weighted by Gasteiger charge is -2.00. The first kappa shape index (κ1) is 17.0. The van der Waals surface area contributed by atoms with Gasteiger partial charge < -0.3 is 0 Å². The Balaban J connectivity index is 1.65. The third-order valence-corrected chi connectivity index (χ3v) is 4.79. The molecule has 1 N–H and O–H groups in total. The van der Waals surface area contributed by atoms with E-state index in [2.05, 4.69) is 15.3 Å². The van der Waals surface area contributed by atoms with Crippen molar-refractivity contribution in [3.8, 4) is 0 Å². The Bertz CT molecular complexity index is 876. The van der Waals surface area contributed by atoms with Gasteiger partial charge in [0.25, 0.3) is 5.91 Å². The molecular formula is C19H17N3O2S. The van der Waals surface area contributed by atoms with Gasteiger partial charge in [-0.1, -0.05) is 41.7 Å². The van der Waals surface area contributed by atoms with E-state index in [0.29, 0.717) is 34.1 Å². The van der Waals surface area contributed by atoms with E-state index < -0.39 is 0 Å². The highest BCUT2D eigenvalue weighted by molar-refractivity contribution is 7.17. The molecule has 0 aliphatic carbocycles. The minimum atomic E-state index is -0.287. The number of anilines is 1. The summed E-state index contributed by atoms with van der Waals surface area (Å²) in [6.45, 7) is 1.78. The van der Waals surface area contributed by atoms with Crippen molar-refractivity contribution in [2.45, 2.75) is 19.8 Å². The number of carbonyl (C=O) groups is 2. The second-order valence-electron chi connectivity index (χ2n) is 5.54. The van der Waals surface area contributed by atoms with E-state index in [1.165, 1.54) is 17.5 Å². The molecule has 6 heteroatoms. The van der Waals surface area contributed by atoms with Gasteiger partial charge in [-0.05, 0) is 31.0 Å². The number of nitrogens with zero attached hydrogens (tertiary/aromatic N) is 2. The van der Waals surface area contributed by atoms with Crippen molar-refractivity contribution in [3.05, 3.63) is 76.6 Å². The van der Waals surface area contributed by atoms with Crippen LogP contribution in [0.2, 0.25) is 0 Å². The maximum Gasteiger partial charge on any atom is 0.259 e. The van der Waals surface area contributed by atoms with Gasteiger partial charge in [-0.2, -0.15) is 0 Å². The molecule has 0 atom stereocenters. The van der Waals surface area contributed by atoms with Crippen LogP contribution in [0.5, 0.6) is 0 Å². The maximum absolute atomic E-state index is 12.5. The summed E-state index contributed by atoms with van der Waals surface area (Å²) in [5.41, 5.74) is 2.22. The third-order valence-electron chi connectivity index (χ3n) is 3.68. The average molecular weight is 351 g/mol. The summed E-state index contributed by atoms with van der Waals surface area (Å²) in [5, 5.41) is 3.15. The molecule has 1 amide bonds. The number of thiazole rings is 1. The van der Waals surface area contributed by atoms with Gasteiger partial charge in [0.05, 0.1) is 16.1 Å². The van der Waals surface area contributed by atoms with E-state index in [-0.39, 0.29) is 11.7 Å². The van der Waals surface area contributed by atoms with Crippen LogP contribution in [0.4, 0.5) is 5.13 Å². The quantitative estimate of drug-likeness (QED) is 0.683. The highest BCUT2D eigenvalue weighted by Crippen LogP contribution is 2.25. The van der Waals surface area contributed by atoms with Crippen LogP contribution in [0.15, 0.2) is 54.9 Å². The molecule has 0 spiro atoms. The molecule has 25 heavy (non-hydrogen) atoms. The highest BCUT2D eigenvalue weighted by Gasteiger charge is 2.17. The van der Waals surface area contributed by atoms with Crippen molar-refractivity contribution < 1.29 is 9.59 Å². The molecule has 0 bridgehead atoms. The number of rotatable bonds is 6. The number of hydrogen-bond acceptors (Lipinski definition) is 5. The zero-order valence-electron chi connectivity index (χ0n) is 13.7. The minimum absolute atomic E-state index is 0.0423. The Morgan fingerprint density at radius 3 is 2.64 bits per heavy atom. The molecule has 0 fully saturated rings. The van der Waals surface area contributed by atoms with Gasteiger partial charge in [-0.25, -0.2) is 4.98 Å². The summed E-state index contributed by atoms with van der Waals surface area (Å²) in [4.78, 5) is 33.4. The lowest BCUT2D eigenvalue weighted by atomic mass is 10.1. The molecule has 0 saturated carbocycles. The summed E-state index contributed by atoms with van der Waals surface area (Å²) < 4.78 is 0. The monoisotopic (exact) mass is 351 g/mol. The number of aromatic nitrogens is 2. The topological polar surface area (TPSA) is 72.0 Å². The average Bonchev–Trinajstić information content (AvgIpc) is 3.01. The smallest absolute Gasteiger partial charge is 0.259 e. The Labute approximate surface area is 149 Å². The van der Waals surface area contributed by atoms with Crippen LogP contribution in [0.1, 0.15) is 37.7 Å². The number of pyridine rings is 1. The summed E-state index contributed by atoms with van der Waals surface area (Å²) in [5.74, 6) is -0.245. The van der Waals surface area contributed by atoms with E-state index >= 15 is 0 Å². The van der Waals surface area contributed by atoms with Crippen molar-refractivity contribution in [3.63, 3.8) is 0 Å². The summed E-state index contributed by atoms with van der Waals surface area (Å²) >= 11 is 1.21. The van der Waals surface area contributed by atoms with Crippen LogP contribution in [-0.4, -0.2) is 21.7 Å². The fraction of sp³-hybridized carbons (Fsp3) is 0.158. The Morgan fingerprint density at radius 1 is 1.12 bits per heavy atom. The van der Waals surface area contributed by atoms with E-state index in [9.17, 15) is 9.59 Å². The van der Waals surface area contributed by atoms with Crippen molar-refractivity contribution in [1.29, 1.82) is 0 Å². The van der Waals surface area contributed by atoms with Crippen LogP contribution in [0.3, 0.4) is 0 Å². The van der Waals surface area contributed by atoms with Gasteiger partial charge in [-0.3, -0.25) is 19.9 Å². The molecule has 0 unspecified atom stereocenters. The Morgan fingerprint density at radius 2 is 1.92 bits per heavy atom. The number of benzene rings is 1. The molecule has 0 aliphatic rings. The first-order chi connectivity index (χ1) is 12.1. The van der Waals surface area contributed by atoms with E-state index in [1.807, 2.05) is 30.3 Å². The first-order valence-electron chi connectivity index (χ1n) is 7.89. The minimum Gasteiger partial charge on any atom is -0.298 e. The maximum atomic E-state index is 12.5. The number of Topliss-reactive ketones (excluding diaryl/α,β-unsaturated/α-hetero) is 1. The zero-order chi connectivity index (χ0) is 17.6. The Hall–Kier alpha value is -2.86. The standard InChI is InChI=1S/C19H17N3O2S/c1-13-17(16(23)10-9-14-6-3-2-4-7-14)25-19(21-13)22-18(24)15-8-5-11-20-12-15/h2-8,11-12H,9-10H2,1H3,(H,21,22,24). The summed E-state index contributed by atoms with van der Waals surface area (Å²) in [6.07, 6.45) is 4.20. The number of nitrogens with one attached hydrogen (secondary N) is 1. The van der Waals surface area contributed by atoms with Crippen molar-refractivity contribution in [2.24, 2.45) is 0 Å². The van der Waals surface area contributed by atoms with Gasteiger partial charge in [0.1, 0.15) is 0 Å². The van der Waals surface area contributed by atoms with Gasteiger partial charge in [-0.15, -0.1) is 0 Å². The molecule has 5 nitrogen and oxygen atoms in total. The fourth-order valence-electron chi connectivity index (χ4n) is 2.39. The fourth-order valence-corrected chi connectivity index (χ4v) is 3.32. The van der Waals surface area contributed by atoms with Crippen LogP contribution >= 0.6 is 11.3 Å². The molecule has 3 rings (SSSR count). The van der Waals surface area contributed by atoms with Gasteiger partial charge >= 0.3 is 0 Å².